The molecule has 106 valence electrons. The first kappa shape index (κ1) is 14.0. The van der Waals surface area contributed by atoms with Crippen LogP contribution in [0.15, 0.2) is 15.8 Å². The van der Waals surface area contributed by atoms with E-state index in [1.54, 1.807) is 13.8 Å². The van der Waals surface area contributed by atoms with Crippen LogP contribution in [0, 0.1) is 6.92 Å². The van der Waals surface area contributed by atoms with E-state index in [1.807, 2.05) is 0 Å². The summed E-state index contributed by atoms with van der Waals surface area (Å²) in [7, 11) is 0. The number of hydrogen-bond acceptors (Lipinski definition) is 5. The van der Waals surface area contributed by atoms with Gasteiger partial charge in [0.15, 0.2) is 0 Å². The average molecular weight is 270 g/mol. The molecule has 1 aliphatic heterocycles. The summed E-state index contributed by atoms with van der Waals surface area (Å²) >= 11 is 0. The molecule has 0 aliphatic carbocycles. The number of rotatable bonds is 3. The first-order valence-corrected chi connectivity index (χ1v) is 6.27. The first-order chi connectivity index (χ1) is 8.93. The maximum absolute atomic E-state index is 11.7. The molecule has 1 aromatic rings. The van der Waals surface area contributed by atoms with Crippen LogP contribution in [0.4, 0.5) is 0 Å². The number of nitrogens with one attached hydrogen (secondary N) is 1. The van der Waals surface area contributed by atoms with E-state index in [9.17, 15) is 19.8 Å². The largest absolute Gasteiger partial charge is 0.390 e. The summed E-state index contributed by atoms with van der Waals surface area (Å²) in [6, 6.07) is 0. The van der Waals surface area contributed by atoms with Crippen LogP contribution in [-0.2, 0) is 4.74 Å². The van der Waals surface area contributed by atoms with Crippen LogP contribution in [0.1, 0.15) is 31.6 Å². The fourth-order valence-corrected chi connectivity index (χ4v) is 2.23. The number of aliphatic hydroxyl groups excluding tert-OH is 2. The first-order valence-electron chi connectivity index (χ1n) is 6.27. The van der Waals surface area contributed by atoms with Gasteiger partial charge in [0.25, 0.3) is 5.56 Å². The maximum Gasteiger partial charge on any atom is 0.330 e. The fraction of sp³-hybridized carbons (Fsp3) is 0.667. The molecule has 0 aromatic carbocycles. The average Bonchev–Trinajstić information content (AvgIpc) is 2.75. The molecular weight excluding hydrogens is 252 g/mol. The predicted molar refractivity (Wildman–Crippen MR) is 66.9 cm³/mol. The van der Waals surface area contributed by atoms with Gasteiger partial charge in [-0.1, -0.05) is 6.92 Å². The summed E-state index contributed by atoms with van der Waals surface area (Å²) in [5, 5.41) is 19.6. The van der Waals surface area contributed by atoms with Crippen molar-refractivity contribution in [3.8, 4) is 0 Å². The van der Waals surface area contributed by atoms with Gasteiger partial charge in [0.1, 0.15) is 12.3 Å². The number of H-pyrrole nitrogens is 1. The fourth-order valence-electron chi connectivity index (χ4n) is 2.23. The molecule has 1 fully saturated rings. The molecule has 1 unspecified atom stereocenters. The summed E-state index contributed by atoms with van der Waals surface area (Å²) in [6.07, 6.45) is -0.947. The van der Waals surface area contributed by atoms with Crippen molar-refractivity contribution in [1.82, 2.24) is 9.55 Å². The van der Waals surface area contributed by atoms with Crippen LogP contribution in [0.3, 0.4) is 0 Å². The molecule has 19 heavy (non-hydrogen) atoms. The molecule has 0 saturated carbocycles. The summed E-state index contributed by atoms with van der Waals surface area (Å²) in [4.78, 5) is 25.2. The Kier molecular flexibility index (Phi) is 3.88. The summed E-state index contributed by atoms with van der Waals surface area (Å²) in [5.74, 6) is 0. The Balaban J connectivity index is 2.28. The Labute approximate surface area is 109 Å². The third-order valence-corrected chi connectivity index (χ3v) is 3.39. The predicted octanol–water partition coefficient (Wildman–Crippen LogP) is -0.736. The number of nitrogens with zero attached hydrogens (tertiary/aromatic N) is 1. The highest BCUT2D eigenvalue weighted by Crippen LogP contribution is 2.30. The van der Waals surface area contributed by atoms with Crippen molar-refractivity contribution >= 4 is 0 Å². The Bertz CT molecular complexity index is 564. The van der Waals surface area contributed by atoms with Gasteiger partial charge in [-0.3, -0.25) is 14.3 Å². The van der Waals surface area contributed by atoms with Gasteiger partial charge in [0.2, 0.25) is 0 Å². The van der Waals surface area contributed by atoms with Gasteiger partial charge in [0, 0.05) is 18.2 Å². The van der Waals surface area contributed by atoms with Crippen molar-refractivity contribution in [3.63, 3.8) is 0 Å². The molecule has 2 heterocycles. The minimum Gasteiger partial charge on any atom is -0.390 e. The van der Waals surface area contributed by atoms with E-state index >= 15 is 0 Å². The van der Waals surface area contributed by atoms with E-state index < -0.39 is 35.8 Å². The summed E-state index contributed by atoms with van der Waals surface area (Å²) in [5.41, 5.74) is -0.637. The Morgan fingerprint density at radius 3 is 2.89 bits per heavy atom. The monoisotopic (exact) mass is 270 g/mol. The van der Waals surface area contributed by atoms with Crippen LogP contribution in [0.2, 0.25) is 0 Å². The minimum absolute atomic E-state index is 0.202. The molecule has 0 bridgehead atoms. The Morgan fingerprint density at radius 2 is 2.26 bits per heavy atom. The van der Waals surface area contributed by atoms with Crippen molar-refractivity contribution < 1.29 is 14.9 Å². The minimum atomic E-state index is -0.834. The van der Waals surface area contributed by atoms with Crippen molar-refractivity contribution in [2.45, 2.75) is 51.2 Å². The number of aromatic amines is 1. The number of hydrogen-bond donors (Lipinski definition) is 3. The zero-order valence-corrected chi connectivity index (χ0v) is 10.9. The zero-order valence-electron chi connectivity index (χ0n) is 10.9. The number of aryl methyl sites for hydroxylation is 1. The highest BCUT2D eigenvalue weighted by molar-refractivity contribution is 5.02. The van der Waals surface area contributed by atoms with E-state index in [1.165, 1.54) is 10.8 Å². The maximum atomic E-state index is 11.7. The van der Waals surface area contributed by atoms with Crippen LogP contribution >= 0.6 is 0 Å². The molecule has 0 radical (unpaired) electrons. The molecule has 0 amide bonds. The van der Waals surface area contributed by atoms with Crippen molar-refractivity contribution in [2.75, 3.05) is 0 Å². The van der Waals surface area contributed by atoms with Crippen molar-refractivity contribution in [1.29, 1.82) is 0 Å². The molecule has 0 spiro atoms. The van der Waals surface area contributed by atoms with Gasteiger partial charge < -0.3 is 14.9 Å². The lowest BCUT2D eigenvalue weighted by Crippen LogP contribution is -2.35. The highest BCUT2D eigenvalue weighted by Gasteiger charge is 2.39. The number of ether oxygens (including phenoxy) is 1. The summed E-state index contributed by atoms with van der Waals surface area (Å²) in [6.45, 7) is 3.36. The van der Waals surface area contributed by atoms with Gasteiger partial charge in [-0.15, -0.1) is 0 Å². The quantitative estimate of drug-likeness (QED) is 0.671. The molecule has 1 aromatic heterocycles. The molecular formula is C12H18N2O5. The van der Waals surface area contributed by atoms with Crippen LogP contribution < -0.4 is 11.2 Å². The second-order valence-corrected chi connectivity index (χ2v) is 4.81. The van der Waals surface area contributed by atoms with Crippen molar-refractivity contribution in [3.05, 3.63) is 32.6 Å². The van der Waals surface area contributed by atoms with Crippen LogP contribution in [-0.4, -0.2) is 38.1 Å². The summed E-state index contributed by atoms with van der Waals surface area (Å²) < 4.78 is 6.77. The van der Waals surface area contributed by atoms with Gasteiger partial charge in [0.05, 0.1) is 12.2 Å². The smallest absolute Gasteiger partial charge is 0.330 e. The van der Waals surface area contributed by atoms with E-state index in [0.29, 0.717) is 12.0 Å². The highest BCUT2D eigenvalue weighted by atomic mass is 16.5. The van der Waals surface area contributed by atoms with Gasteiger partial charge in [-0.05, 0) is 13.3 Å². The third-order valence-electron chi connectivity index (χ3n) is 3.39. The van der Waals surface area contributed by atoms with E-state index in [-0.39, 0.29) is 6.42 Å². The lowest BCUT2D eigenvalue weighted by molar-refractivity contribution is -0.0838. The number of aliphatic hydroxyl groups is 2. The Morgan fingerprint density at radius 1 is 1.58 bits per heavy atom. The van der Waals surface area contributed by atoms with E-state index in [2.05, 4.69) is 4.98 Å². The second-order valence-electron chi connectivity index (χ2n) is 4.81. The standard InChI is InChI=1S/C12H18N2O5/c1-3-7(15)10-8(16)4-9(19-10)14-5-6(2)11(17)13-12(14)18/h5,7-10,15-16H,3-4H2,1-2H3,(H,13,17,18)/t7?,8-,9+,10+/m0/s1. The molecule has 1 aliphatic rings. The molecule has 4 atom stereocenters. The Hall–Kier alpha value is -1.44. The van der Waals surface area contributed by atoms with E-state index in [0.717, 1.165) is 0 Å². The lowest BCUT2D eigenvalue weighted by atomic mass is 10.1. The molecule has 7 nitrogen and oxygen atoms in total. The second kappa shape index (κ2) is 5.28. The topological polar surface area (TPSA) is 105 Å². The van der Waals surface area contributed by atoms with Crippen LogP contribution in [0.25, 0.3) is 0 Å². The zero-order chi connectivity index (χ0) is 14.2. The number of aromatic nitrogens is 2. The van der Waals surface area contributed by atoms with Crippen LogP contribution in [0.5, 0.6) is 0 Å². The molecule has 1 saturated heterocycles. The molecule has 7 heteroatoms. The molecule has 3 N–H and O–H groups in total. The van der Waals surface area contributed by atoms with Gasteiger partial charge in [-0.25, -0.2) is 4.79 Å². The van der Waals surface area contributed by atoms with Gasteiger partial charge in [-0.2, -0.15) is 0 Å². The van der Waals surface area contributed by atoms with E-state index in [4.69, 9.17) is 4.74 Å². The van der Waals surface area contributed by atoms with Crippen molar-refractivity contribution in [2.24, 2.45) is 0 Å². The van der Waals surface area contributed by atoms with Gasteiger partial charge >= 0.3 is 5.69 Å². The molecule has 2 rings (SSSR count). The lowest BCUT2D eigenvalue weighted by Gasteiger charge is -2.20. The normalized spacial score (nSPS) is 28.5. The third kappa shape index (κ3) is 2.63. The SMILES string of the molecule is CCC(O)[C@H]1O[C@@H](n2cc(C)c(=O)[nH]c2=O)C[C@@H]1O.